The molecule has 1 heterocycles. The lowest BCUT2D eigenvalue weighted by molar-refractivity contribution is 0.0955. The fourth-order valence-electron chi connectivity index (χ4n) is 2.48. The van der Waals surface area contributed by atoms with E-state index in [-0.39, 0.29) is 5.91 Å². The van der Waals surface area contributed by atoms with E-state index < -0.39 is 0 Å². The highest BCUT2D eigenvalue weighted by Crippen LogP contribution is 2.22. The molecule has 1 amide bonds. The van der Waals surface area contributed by atoms with Gasteiger partial charge in [-0.1, -0.05) is 29.8 Å². The molecule has 1 aromatic heterocycles. The molecule has 2 aromatic carbocycles. The quantitative estimate of drug-likeness (QED) is 0.710. The molecular weight excluding hydrogens is 286 g/mol. The molecule has 23 heavy (non-hydrogen) atoms. The molecule has 0 aliphatic carbocycles. The van der Waals surface area contributed by atoms with Gasteiger partial charge in [-0.15, -0.1) is 0 Å². The number of carbonyl (C=O) groups excluding carboxylic acids is 1. The largest absolute Gasteiger partial charge is 0.383 e. The zero-order valence-corrected chi connectivity index (χ0v) is 13.0. The molecule has 0 saturated carbocycles. The maximum atomic E-state index is 12.0. The average Bonchev–Trinajstić information content (AvgIpc) is 2.59. The van der Waals surface area contributed by atoms with Crippen molar-refractivity contribution in [2.45, 2.75) is 6.92 Å². The Kier molecular flexibility index (Phi) is 4.52. The normalized spacial score (nSPS) is 10.5. The average molecular weight is 305 g/mol. The predicted octanol–water partition coefficient (Wildman–Crippen LogP) is 3.39. The van der Waals surface area contributed by atoms with E-state index in [2.05, 4.69) is 34.7 Å². The standard InChI is InChI=1S/C19H19N3O/c1-14-7-8-17-16(13-14)18(9-10-20-17)21-11-12-22-19(23)15-5-3-2-4-6-15/h2-10,13H,11-12H2,1H3,(H,20,21)(H,22,23). The van der Waals surface area contributed by atoms with Gasteiger partial charge < -0.3 is 10.6 Å². The summed E-state index contributed by atoms with van der Waals surface area (Å²) < 4.78 is 0. The molecular formula is C19H19N3O. The molecule has 2 N–H and O–H groups in total. The van der Waals surface area contributed by atoms with Gasteiger partial charge in [-0.2, -0.15) is 0 Å². The number of carbonyl (C=O) groups is 1. The second kappa shape index (κ2) is 6.92. The van der Waals surface area contributed by atoms with Crippen LogP contribution >= 0.6 is 0 Å². The first kappa shape index (κ1) is 15.0. The fraction of sp³-hybridized carbons (Fsp3) is 0.158. The molecule has 3 rings (SSSR count). The molecule has 0 radical (unpaired) electrons. The predicted molar refractivity (Wildman–Crippen MR) is 93.7 cm³/mol. The summed E-state index contributed by atoms with van der Waals surface area (Å²) in [7, 11) is 0. The Morgan fingerprint density at radius 3 is 2.70 bits per heavy atom. The van der Waals surface area contributed by atoms with Gasteiger partial charge in [0.25, 0.3) is 5.91 Å². The van der Waals surface area contributed by atoms with E-state index in [1.165, 1.54) is 5.56 Å². The Labute approximate surface area is 135 Å². The summed E-state index contributed by atoms with van der Waals surface area (Å²) in [5, 5.41) is 7.38. The molecule has 0 fully saturated rings. The monoisotopic (exact) mass is 305 g/mol. The summed E-state index contributed by atoms with van der Waals surface area (Å²) >= 11 is 0. The Morgan fingerprint density at radius 2 is 1.87 bits per heavy atom. The van der Waals surface area contributed by atoms with Crippen LogP contribution in [0.15, 0.2) is 60.8 Å². The molecule has 4 nitrogen and oxygen atoms in total. The summed E-state index contributed by atoms with van der Waals surface area (Å²) in [4.78, 5) is 16.3. The lowest BCUT2D eigenvalue weighted by Gasteiger charge is -2.11. The number of rotatable bonds is 5. The van der Waals surface area contributed by atoms with Crippen molar-refractivity contribution in [2.24, 2.45) is 0 Å². The van der Waals surface area contributed by atoms with Crippen molar-refractivity contribution in [1.82, 2.24) is 10.3 Å². The van der Waals surface area contributed by atoms with Gasteiger partial charge in [0, 0.05) is 35.9 Å². The minimum atomic E-state index is -0.0529. The van der Waals surface area contributed by atoms with Gasteiger partial charge in [0.05, 0.1) is 5.52 Å². The first-order valence-corrected chi connectivity index (χ1v) is 7.66. The van der Waals surface area contributed by atoms with Crippen LogP contribution in [0.3, 0.4) is 0 Å². The lowest BCUT2D eigenvalue weighted by atomic mass is 10.1. The van der Waals surface area contributed by atoms with E-state index in [1.54, 1.807) is 6.20 Å². The van der Waals surface area contributed by atoms with Crippen molar-refractivity contribution >= 4 is 22.5 Å². The molecule has 0 spiro atoms. The molecule has 0 atom stereocenters. The number of amides is 1. The fourth-order valence-corrected chi connectivity index (χ4v) is 2.48. The third-order valence-electron chi connectivity index (χ3n) is 3.66. The summed E-state index contributed by atoms with van der Waals surface area (Å²) in [6, 6.07) is 17.4. The number of anilines is 1. The van der Waals surface area contributed by atoms with Gasteiger partial charge in [-0.3, -0.25) is 9.78 Å². The number of benzene rings is 2. The van der Waals surface area contributed by atoms with Crippen molar-refractivity contribution in [2.75, 3.05) is 18.4 Å². The minimum Gasteiger partial charge on any atom is -0.383 e. The zero-order valence-electron chi connectivity index (χ0n) is 13.0. The molecule has 0 unspecified atom stereocenters. The van der Waals surface area contributed by atoms with Crippen LogP contribution in [0.5, 0.6) is 0 Å². The van der Waals surface area contributed by atoms with Crippen LogP contribution in [-0.2, 0) is 0 Å². The third kappa shape index (κ3) is 3.66. The molecule has 0 saturated heterocycles. The summed E-state index contributed by atoms with van der Waals surface area (Å²) in [5.74, 6) is -0.0529. The van der Waals surface area contributed by atoms with Gasteiger partial charge in [0.2, 0.25) is 0 Å². The van der Waals surface area contributed by atoms with Crippen LogP contribution in [0.25, 0.3) is 10.9 Å². The second-order valence-corrected chi connectivity index (χ2v) is 5.43. The number of aryl methyl sites for hydroxylation is 1. The molecule has 4 heteroatoms. The number of aromatic nitrogens is 1. The second-order valence-electron chi connectivity index (χ2n) is 5.43. The van der Waals surface area contributed by atoms with Gasteiger partial charge in [-0.05, 0) is 37.3 Å². The van der Waals surface area contributed by atoms with Crippen molar-refractivity contribution in [1.29, 1.82) is 0 Å². The van der Waals surface area contributed by atoms with Crippen LogP contribution < -0.4 is 10.6 Å². The van der Waals surface area contributed by atoms with Gasteiger partial charge >= 0.3 is 0 Å². The van der Waals surface area contributed by atoms with E-state index in [9.17, 15) is 4.79 Å². The van der Waals surface area contributed by atoms with Crippen molar-refractivity contribution in [3.8, 4) is 0 Å². The molecule has 0 aliphatic rings. The number of fused-ring (bicyclic) bond motifs is 1. The molecule has 0 aliphatic heterocycles. The van der Waals surface area contributed by atoms with Crippen molar-refractivity contribution in [3.05, 3.63) is 71.9 Å². The van der Waals surface area contributed by atoms with Crippen molar-refractivity contribution < 1.29 is 4.79 Å². The van der Waals surface area contributed by atoms with E-state index >= 15 is 0 Å². The molecule has 116 valence electrons. The highest BCUT2D eigenvalue weighted by molar-refractivity contribution is 5.94. The maximum Gasteiger partial charge on any atom is 0.251 e. The minimum absolute atomic E-state index is 0.0529. The molecule has 3 aromatic rings. The number of pyridine rings is 1. The SMILES string of the molecule is Cc1ccc2nccc(NCCNC(=O)c3ccccc3)c2c1. The maximum absolute atomic E-state index is 12.0. The summed E-state index contributed by atoms with van der Waals surface area (Å²) in [5.41, 5.74) is 3.88. The van der Waals surface area contributed by atoms with Crippen LogP contribution in [-0.4, -0.2) is 24.0 Å². The number of nitrogens with zero attached hydrogens (tertiary/aromatic N) is 1. The van der Waals surface area contributed by atoms with Crippen LogP contribution in [0.4, 0.5) is 5.69 Å². The Morgan fingerprint density at radius 1 is 1.04 bits per heavy atom. The number of hydrogen-bond donors (Lipinski definition) is 2. The van der Waals surface area contributed by atoms with Gasteiger partial charge in [0.1, 0.15) is 0 Å². The molecule has 0 bridgehead atoms. The highest BCUT2D eigenvalue weighted by atomic mass is 16.1. The van der Waals surface area contributed by atoms with Crippen LogP contribution in [0.2, 0.25) is 0 Å². The van der Waals surface area contributed by atoms with Crippen molar-refractivity contribution in [3.63, 3.8) is 0 Å². The zero-order chi connectivity index (χ0) is 16.1. The van der Waals surface area contributed by atoms with Gasteiger partial charge in [0.15, 0.2) is 0 Å². The Hall–Kier alpha value is -2.88. The topological polar surface area (TPSA) is 54.0 Å². The van der Waals surface area contributed by atoms with Crippen LogP contribution in [0, 0.1) is 6.92 Å². The summed E-state index contributed by atoms with van der Waals surface area (Å²) in [6.45, 7) is 3.28. The van der Waals surface area contributed by atoms with E-state index in [4.69, 9.17) is 0 Å². The first-order chi connectivity index (χ1) is 11.2. The van der Waals surface area contributed by atoms with Crippen LogP contribution in [0.1, 0.15) is 15.9 Å². The van der Waals surface area contributed by atoms with Gasteiger partial charge in [-0.25, -0.2) is 0 Å². The first-order valence-electron chi connectivity index (χ1n) is 7.66. The third-order valence-corrected chi connectivity index (χ3v) is 3.66. The number of hydrogen-bond acceptors (Lipinski definition) is 3. The summed E-state index contributed by atoms with van der Waals surface area (Å²) in [6.07, 6.45) is 1.79. The smallest absolute Gasteiger partial charge is 0.251 e. The van der Waals surface area contributed by atoms with E-state index in [0.717, 1.165) is 16.6 Å². The number of nitrogens with one attached hydrogen (secondary N) is 2. The Bertz CT molecular complexity index is 815. The van der Waals surface area contributed by atoms with E-state index in [1.807, 2.05) is 42.5 Å². The van der Waals surface area contributed by atoms with E-state index in [0.29, 0.717) is 18.7 Å². The Balaban J connectivity index is 1.59. The lowest BCUT2D eigenvalue weighted by Crippen LogP contribution is -2.28. The highest BCUT2D eigenvalue weighted by Gasteiger charge is 2.04.